The molecule has 0 bridgehead atoms. The lowest BCUT2D eigenvalue weighted by Gasteiger charge is -1.99. The van der Waals surface area contributed by atoms with E-state index in [2.05, 4.69) is 11.9 Å². The number of hydrogen-bond donors (Lipinski definition) is 1. The van der Waals surface area contributed by atoms with Crippen LogP contribution in [0.15, 0.2) is 18.3 Å². The summed E-state index contributed by atoms with van der Waals surface area (Å²) in [5.41, 5.74) is 1.45. The molecule has 4 nitrogen and oxygen atoms in total. The van der Waals surface area contributed by atoms with Crippen LogP contribution in [-0.2, 0) is 6.42 Å². The van der Waals surface area contributed by atoms with Crippen LogP contribution in [0.2, 0.25) is 5.02 Å². The zero-order valence-corrected chi connectivity index (χ0v) is 10.2. The van der Waals surface area contributed by atoms with E-state index in [4.69, 9.17) is 11.6 Å². The van der Waals surface area contributed by atoms with Gasteiger partial charge in [-0.1, -0.05) is 24.9 Å². The summed E-state index contributed by atoms with van der Waals surface area (Å²) >= 11 is 5.86. The van der Waals surface area contributed by atoms with Crippen LogP contribution >= 0.6 is 11.6 Å². The highest BCUT2D eigenvalue weighted by molar-refractivity contribution is 6.30. The molecule has 0 amide bonds. The van der Waals surface area contributed by atoms with E-state index in [1.54, 1.807) is 22.7 Å². The summed E-state index contributed by atoms with van der Waals surface area (Å²) in [5.74, 6) is -0.953. The topological polar surface area (TPSA) is 54.6 Å². The number of carboxylic acid groups (broad SMARTS) is 1. The average molecular weight is 253 g/mol. The van der Waals surface area contributed by atoms with Gasteiger partial charge in [-0.05, 0) is 18.9 Å². The summed E-state index contributed by atoms with van der Waals surface area (Å²) in [6, 6.07) is 3.33. The number of aryl methyl sites for hydroxylation is 1. The molecule has 0 aliphatic heterocycles. The van der Waals surface area contributed by atoms with E-state index in [-0.39, 0.29) is 5.69 Å². The molecule has 17 heavy (non-hydrogen) atoms. The molecule has 90 valence electrons. The van der Waals surface area contributed by atoms with Crippen LogP contribution in [0.25, 0.3) is 5.65 Å². The third kappa shape index (κ3) is 2.26. The second kappa shape index (κ2) is 4.75. The molecule has 0 unspecified atom stereocenters. The molecule has 2 heterocycles. The van der Waals surface area contributed by atoms with Gasteiger partial charge >= 0.3 is 5.97 Å². The van der Waals surface area contributed by atoms with E-state index in [1.165, 1.54) is 0 Å². The van der Waals surface area contributed by atoms with Crippen molar-refractivity contribution in [1.82, 2.24) is 9.38 Å². The molecule has 0 spiro atoms. The quantitative estimate of drug-likeness (QED) is 0.910. The van der Waals surface area contributed by atoms with E-state index >= 15 is 0 Å². The summed E-state index contributed by atoms with van der Waals surface area (Å²) in [5, 5.41) is 9.78. The number of unbranched alkanes of at least 4 members (excludes halogenated alkanes) is 1. The van der Waals surface area contributed by atoms with Crippen molar-refractivity contribution in [2.45, 2.75) is 26.2 Å². The van der Waals surface area contributed by atoms with Gasteiger partial charge in [0.15, 0.2) is 5.69 Å². The van der Waals surface area contributed by atoms with Gasteiger partial charge in [-0.25, -0.2) is 9.78 Å². The number of halogens is 1. The van der Waals surface area contributed by atoms with Crippen LogP contribution in [0, 0.1) is 0 Å². The second-order valence-corrected chi connectivity index (χ2v) is 4.33. The highest BCUT2D eigenvalue weighted by atomic mass is 35.5. The Morgan fingerprint density at radius 1 is 1.59 bits per heavy atom. The Labute approximate surface area is 104 Å². The average Bonchev–Trinajstić information content (AvgIpc) is 2.63. The molecule has 0 saturated carbocycles. The maximum absolute atomic E-state index is 11.3. The molecule has 0 saturated heterocycles. The van der Waals surface area contributed by atoms with Gasteiger partial charge in [0, 0.05) is 17.3 Å². The fourth-order valence-electron chi connectivity index (χ4n) is 1.81. The first-order valence-electron chi connectivity index (χ1n) is 5.53. The molecule has 0 aromatic carbocycles. The fourth-order valence-corrected chi connectivity index (χ4v) is 1.97. The summed E-state index contributed by atoms with van der Waals surface area (Å²) < 4.78 is 1.57. The zero-order valence-electron chi connectivity index (χ0n) is 9.48. The van der Waals surface area contributed by atoms with Crippen LogP contribution in [0.1, 0.15) is 35.9 Å². The van der Waals surface area contributed by atoms with E-state index in [1.807, 2.05) is 0 Å². The minimum absolute atomic E-state index is 0.241. The molecule has 2 rings (SSSR count). The number of pyridine rings is 1. The Hall–Kier alpha value is -1.55. The molecule has 5 heteroatoms. The predicted molar refractivity (Wildman–Crippen MR) is 65.8 cm³/mol. The maximum atomic E-state index is 11.3. The fraction of sp³-hybridized carbons (Fsp3) is 0.333. The summed E-state index contributed by atoms with van der Waals surface area (Å²) in [6.45, 7) is 2.06. The maximum Gasteiger partial charge on any atom is 0.354 e. The SMILES string of the molecule is CCCCc1nc2cc(Cl)ccn2c1C(=O)O. The van der Waals surface area contributed by atoms with Gasteiger partial charge in [-0.3, -0.25) is 4.40 Å². The van der Waals surface area contributed by atoms with Crippen molar-refractivity contribution in [3.63, 3.8) is 0 Å². The number of carbonyl (C=O) groups is 1. The van der Waals surface area contributed by atoms with Crippen LogP contribution in [0.3, 0.4) is 0 Å². The van der Waals surface area contributed by atoms with Crippen molar-refractivity contribution in [3.8, 4) is 0 Å². The van der Waals surface area contributed by atoms with Crippen molar-refractivity contribution in [1.29, 1.82) is 0 Å². The number of aromatic carboxylic acids is 1. The first-order valence-corrected chi connectivity index (χ1v) is 5.91. The van der Waals surface area contributed by atoms with Gasteiger partial charge in [0.25, 0.3) is 0 Å². The van der Waals surface area contributed by atoms with Crippen LogP contribution in [-0.4, -0.2) is 20.5 Å². The van der Waals surface area contributed by atoms with Crippen LogP contribution in [0.4, 0.5) is 0 Å². The third-order valence-corrected chi connectivity index (χ3v) is 2.87. The Balaban J connectivity index is 2.57. The highest BCUT2D eigenvalue weighted by Gasteiger charge is 2.17. The van der Waals surface area contributed by atoms with E-state index < -0.39 is 5.97 Å². The van der Waals surface area contributed by atoms with Crippen molar-refractivity contribution in [3.05, 3.63) is 34.7 Å². The number of imidazole rings is 1. The Bertz CT molecular complexity index is 563. The van der Waals surface area contributed by atoms with Crippen molar-refractivity contribution >= 4 is 23.2 Å². The summed E-state index contributed by atoms with van der Waals surface area (Å²) in [6.07, 6.45) is 4.26. The van der Waals surface area contributed by atoms with Gasteiger partial charge < -0.3 is 5.11 Å². The van der Waals surface area contributed by atoms with Gasteiger partial charge in [0.05, 0.1) is 5.69 Å². The molecule has 1 N–H and O–H groups in total. The molecule has 0 radical (unpaired) electrons. The second-order valence-electron chi connectivity index (χ2n) is 3.89. The summed E-state index contributed by atoms with van der Waals surface area (Å²) in [4.78, 5) is 15.6. The normalized spacial score (nSPS) is 10.9. The van der Waals surface area contributed by atoms with Crippen LogP contribution in [0.5, 0.6) is 0 Å². The van der Waals surface area contributed by atoms with E-state index in [0.29, 0.717) is 22.8 Å². The van der Waals surface area contributed by atoms with Gasteiger partial charge in [-0.2, -0.15) is 0 Å². The van der Waals surface area contributed by atoms with E-state index in [9.17, 15) is 9.90 Å². The molecule has 0 fully saturated rings. The number of fused-ring (bicyclic) bond motifs is 1. The smallest absolute Gasteiger partial charge is 0.354 e. The lowest BCUT2D eigenvalue weighted by molar-refractivity contribution is 0.0688. The minimum Gasteiger partial charge on any atom is -0.477 e. The highest BCUT2D eigenvalue weighted by Crippen LogP contribution is 2.18. The molecular formula is C12H13ClN2O2. The first-order chi connectivity index (χ1) is 8.13. The lowest BCUT2D eigenvalue weighted by Crippen LogP contribution is -2.05. The third-order valence-electron chi connectivity index (χ3n) is 2.63. The van der Waals surface area contributed by atoms with Crippen molar-refractivity contribution < 1.29 is 9.90 Å². The molecular weight excluding hydrogens is 240 g/mol. The molecule has 2 aromatic heterocycles. The number of carboxylic acids is 1. The zero-order chi connectivity index (χ0) is 12.4. The largest absolute Gasteiger partial charge is 0.477 e. The van der Waals surface area contributed by atoms with Crippen molar-refractivity contribution in [2.75, 3.05) is 0 Å². The molecule has 2 aromatic rings. The molecule has 0 aliphatic rings. The van der Waals surface area contributed by atoms with Crippen molar-refractivity contribution in [2.24, 2.45) is 0 Å². The Morgan fingerprint density at radius 3 is 3.00 bits per heavy atom. The van der Waals surface area contributed by atoms with Crippen LogP contribution < -0.4 is 0 Å². The standard InChI is InChI=1S/C12H13ClN2O2/c1-2-3-4-9-11(12(16)17)15-6-5-8(13)7-10(15)14-9/h5-7H,2-4H2,1H3,(H,16,17). The first kappa shape index (κ1) is 11.9. The van der Waals surface area contributed by atoms with Gasteiger partial charge in [0.2, 0.25) is 0 Å². The Kier molecular flexibility index (Phi) is 3.33. The number of rotatable bonds is 4. The lowest BCUT2D eigenvalue weighted by atomic mass is 10.2. The molecule has 0 atom stereocenters. The molecule has 0 aliphatic carbocycles. The number of hydrogen-bond acceptors (Lipinski definition) is 2. The summed E-state index contributed by atoms with van der Waals surface area (Å²) in [7, 11) is 0. The predicted octanol–water partition coefficient (Wildman–Crippen LogP) is 3.03. The number of nitrogens with zero attached hydrogens (tertiary/aromatic N) is 2. The monoisotopic (exact) mass is 252 g/mol. The van der Waals surface area contributed by atoms with E-state index in [0.717, 1.165) is 12.8 Å². The Morgan fingerprint density at radius 2 is 2.35 bits per heavy atom. The van der Waals surface area contributed by atoms with Gasteiger partial charge in [0.1, 0.15) is 5.65 Å². The van der Waals surface area contributed by atoms with Gasteiger partial charge in [-0.15, -0.1) is 0 Å². The number of aromatic nitrogens is 2. The minimum atomic E-state index is -0.953.